The van der Waals surface area contributed by atoms with Crippen LogP contribution >= 0.6 is 0 Å². The minimum absolute atomic E-state index is 0.0920. The Morgan fingerprint density at radius 2 is 2.08 bits per heavy atom. The van der Waals surface area contributed by atoms with Crippen LogP contribution in [0.25, 0.3) is 6.08 Å². The third kappa shape index (κ3) is 1.24. The molecule has 1 aliphatic heterocycles. The van der Waals surface area contributed by atoms with E-state index in [4.69, 9.17) is 4.84 Å². The highest BCUT2D eigenvalue weighted by Crippen LogP contribution is 2.28. The highest BCUT2D eigenvalue weighted by Gasteiger charge is 2.17. The van der Waals surface area contributed by atoms with Crippen LogP contribution in [0.4, 0.5) is 8.78 Å². The summed E-state index contributed by atoms with van der Waals surface area (Å²) in [6, 6.07) is 2.55. The third-order valence-electron chi connectivity index (χ3n) is 1.77. The highest BCUT2D eigenvalue weighted by molar-refractivity contribution is 5.61. The van der Waals surface area contributed by atoms with Gasteiger partial charge in [-0.05, 0) is 25.1 Å². The van der Waals surface area contributed by atoms with Crippen molar-refractivity contribution in [2.45, 2.75) is 6.92 Å². The molecule has 1 N–H and O–H groups in total. The molecule has 1 heterocycles. The Labute approximate surface area is 73.8 Å². The Morgan fingerprint density at radius 3 is 2.85 bits per heavy atom. The smallest absolute Gasteiger partial charge is 0.204 e. The summed E-state index contributed by atoms with van der Waals surface area (Å²) in [5, 5.41) is 0. The van der Waals surface area contributed by atoms with E-state index in [2.05, 4.69) is 5.48 Å². The van der Waals surface area contributed by atoms with Gasteiger partial charge in [0.05, 0.1) is 0 Å². The molecule has 0 saturated heterocycles. The van der Waals surface area contributed by atoms with Gasteiger partial charge in [-0.15, -0.1) is 0 Å². The second-order valence-corrected chi connectivity index (χ2v) is 2.81. The quantitative estimate of drug-likeness (QED) is 0.665. The number of halogens is 2. The van der Waals surface area contributed by atoms with Crippen LogP contribution in [0.1, 0.15) is 12.5 Å². The molecule has 68 valence electrons. The van der Waals surface area contributed by atoms with Crippen LogP contribution in [0.5, 0.6) is 5.75 Å². The average Bonchev–Trinajstić information content (AvgIpc) is 2.12. The maximum Gasteiger partial charge on any atom is 0.204 e. The van der Waals surface area contributed by atoms with E-state index in [1.54, 1.807) is 13.0 Å². The SMILES string of the molecule is CC1=Cc2ccc(F)c(F)c2ON1. The summed E-state index contributed by atoms with van der Waals surface area (Å²) < 4.78 is 25.7. The second kappa shape index (κ2) is 2.73. The first kappa shape index (κ1) is 8.04. The minimum atomic E-state index is -0.964. The maximum absolute atomic E-state index is 13.0. The zero-order valence-electron chi connectivity index (χ0n) is 6.90. The summed E-state index contributed by atoms with van der Waals surface area (Å²) in [7, 11) is 0. The summed E-state index contributed by atoms with van der Waals surface area (Å²) in [5.74, 6) is -1.96. The molecule has 13 heavy (non-hydrogen) atoms. The summed E-state index contributed by atoms with van der Waals surface area (Å²) in [6.45, 7) is 1.77. The van der Waals surface area contributed by atoms with Gasteiger partial charge in [0, 0.05) is 11.3 Å². The van der Waals surface area contributed by atoms with Crippen molar-refractivity contribution in [2.24, 2.45) is 0 Å². The molecule has 0 spiro atoms. The van der Waals surface area contributed by atoms with E-state index in [1.807, 2.05) is 0 Å². The van der Waals surface area contributed by atoms with Crippen LogP contribution in [0.15, 0.2) is 17.8 Å². The number of hydroxylamine groups is 1. The molecule has 1 aromatic carbocycles. The fourth-order valence-corrected chi connectivity index (χ4v) is 1.16. The minimum Gasteiger partial charge on any atom is -0.379 e. The van der Waals surface area contributed by atoms with Crippen LogP contribution in [0, 0.1) is 11.6 Å². The lowest BCUT2D eigenvalue weighted by Gasteiger charge is -2.16. The lowest BCUT2D eigenvalue weighted by Crippen LogP contribution is -2.20. The Hall–Kier alpha value is -1.58. The van der Waals surface area contributed by atoms with Gasteiger partial charge < -0.3 is 4.84 Å². The topological polar surface area (TPSA) is 21.3 Å². The normalized spacial score (nSPS) is 13.9. The fourth-order valence-electron chi connectivity index (χ4n) is 1.16. The van der Waals surface area contributed by atoms with E-state index in [1.165, 1.54) is 6.07 Å². The van der Waals surface area contributed by atoms with Crippen molar-refractivity contribution in [3.8, 4) is 5.75 Å². The molecule has 1 aliphatic rings. The molecular formula is C9H7F2NO. The highest BCUT2D eigenvalue weighted by atomic mass is 19.2. The molecule has 1 aromatic rings. The molecule has 0 saturated carbocycles. The van der Waals surface area contributed by atoms with Crippen molar-refractivity contribution in [3.05, 3.63) is 35.0 Å². The number of fused-ring (bicyclic) bond motifs is 1. The Balaban J connectivity index is 2.61. The van der Waals surface area contributed by atoms with Crippen molar-refractivity contribution >= 4 is 6.08 Å². The van der Waals surface area contributed by atoms with E-state index < -0.39 is 11.6 Å². The third-order valence-corrected chi connectivity index (χ3v) is 1.77. The first-order valence-electron chi connectivity index (χ1n) is 3.77. The van der Waals surface area contributed by atoms with Crippen LogP contribution in [-0.4, -0.2) is 0 Å². The van der Waals surface area contributed by atoms with Gasteiger partial charge in [0.15, 0.2) is 5.82 Å². The molecule has 2 nitrogen and oxygen atoms in total. The van der Waals surface area contributed by atoms with Crippen molar-refractivity contribution in [3.63, 3.8) is 0 Å². The van der Waals surface area contributed by atoms with E-state index in [0.29, 0.717) is 5.56 Å². The van der Waals surface area contributed by atoms with Crippen molar-refractivity contribution in [2.75, 3.05) is 0 Å². The van der Waals surface area contributed by atoms with Crippen LogP contribution in [0.2, 0.25) is 0 Å². The molecule has 0 fully saturated rings. The van der Waals surface area contributed by atoms with E-state index in [0.717, 1.165) is 11.8 Å². The van der Waals surface area contributed by atoms with Crippen LogP contribution in [0.3, 0.4) is 0 Å². The fraction of sp³-hybridized carbons (Fsp3) is 0.111. The average molecular weight is 183 g/mol. The molecule has 0 atom stereocenters. The molecule has 0 amide bonds. The monoisotopic (exact) mass is 183 g/mol. The Kier molecular flexibility index (Phi) is 1.69. The summed E-state index contributed by atoms with van der Waals surface area (Å²) in [6.07, 6.45) is 1.68. The van der Waals surface area contributed by atoms with Crippen LogP contribution < -0.4 is 10.3 Å². The van der Waals surface area contributed by atoms with Gasteiger partial charge in [-0.2, -0.15) is 4.39 Å². The Morgan fingerprint density at radius 1 is 1.31 bits per heavy atom. The second-order valence-electron chi connectivity index (χ2n) is 2.81. The number of allylic oxidation sites excluding steroid dienone is 1. The van der Waals surface area contributed by atoms with Gasteiger partial charge >= 0.3 is 0 Å². The summed E-state index contributed by atoms with van der Waals surface area (Å²) >= 11 is 0. The van der Waals surface area contributed by atoms with E-state index >= 15 is 0 Å². The van der Waals surface area contributed by atoms with Crippen LogP contribution in [-0.2, 0) is 0 Å². The molecule has 0 bridgehead atoms. The Bertz CT molecular complexity index is 387. The number of rotatable bonds is 0. The number of hydrogen-bond acceptors (Lipinski definition) is 2. The zero-order chi connectivity index (χ0) is 9.42. The van der Waals surface area contributed by atoms with Gasteiger partial charge in [-0.3, -0.25) is 0 Å². The van der Waals surface area contributed by atoms with Gasteiger partial charge in [0.1, 0.15) is 0 Å². The zero-order valence-corrected chi connectivity index (χ0v) is 6.90. The molecule has 0 aromatic heterocycles. The molecule has 0 aliphatic carbocycles. The number of benzene rings is 1. The summed E-state index contributed by atoms with van der Waals surface area (Å²) in [5.41, 5.74) is 3.75. The maximum atomic E-state index is 13.0. The van der Waals surface area contributed by atoms with Gasteiger partial charge in [0.2, 0.25) is 11.6 Å². The molecular weight excluding hydrogens is 176 g/mol. The standard InChI is InChI=1S/C9H7F2NO/c1-5-4-6-2-3-7(10)8(11)9(6)13-12-5/h2-4,12H,1H3. The van der Waals surface area contributed by atoms with Crippen molar-refractivity contribution in [1.29, 1.82) is 0 Å². The summed E-state index contributed by atoms with van der Waals surface area (Å²) in [4.78, 5) is 4.81. The van der Waals surface area contributed by atoms with Crippen molar-refractivity contribution in [1.82, 2.24) is 5.48 Å². The number of hydrogen-bond donors (Lipinski definition) is 1. The molecule has 2 rings (SSSR count). The molecule has 0 radical (unpaired) electrons. The molecule has 0 unspecified atom stereocenters. The van der Waals surface area contributed by atoms with Gasteiger partial charge in [-0.1, -0.05) is 0 Å². The predicted octanol–water partition coefficient (Wildman–Crippen LogP) is 2.22. The van der Waals surface area contributed by atoms with Gasteiger partial charge in [-0.25, -0.2) is 9.87 Å². The first-order valence-corrected chi connectivity index (χ1v) is 3.77. The first-order chi connectivity index (χ1) is 6.18. The van der Waals surface area contributed by atoms with Gasteiger partial charge in [0.25, 0.3) is 0 Å². The van der Waals surface area contributed by atoms with Crippen molar-refractivity contribution < 1.29 is 13.6 Å². The van der Waals surface area contributed by atoms with E-state index in [-0.39, 0.29) is 5.75 Å². The lowest BCUT2D eigenvalue weighted by molar-refractivity contribution is 0.211. The number of nitrogens with one attached hydrogen (secondary N) is 1. The largest absolute Gasteiger partial charge is 0.379 e. The lowest BCUT2D eigenvalue weighted by atomic mass is 10.1. The van der Waals surface area contributed by atoms with E-state index in [9.17, 15) is 8.78 Å². The molecule has 4 heteroatoms. The predicted molar refractivity (Wildman–Crippen MR) is 43.8 cm³/mol.